The first-order valence-electron chi connectivity index (χ1n) is 9.95. The van der Waals surface area contributed by atoms with Gasteiger partial charge in [0.1, 0.15) is 0 Å². The molecule has 0 saturated heterocycles. The summed E-state index contributed by atoms with van der Waals surface area (Å²) in [4.78, 5) is 38.2. The van der Waals surface area contributed by atoms with Gasteiger partial charge in [-0.1, -0.05) is 57.9 Å². The number of hydrogen-bond acceptors (Lipinski definition) is 4. The summed E-state index contributed by atoms with van der Waals surface area (Å²) in [5.41, 5.74) is 1.06. The van der Waals surface area contributed by atoms with Gasteiger partial charge in [0, 0.05) is 16.0 Å². The molecule has 2 aliphatic carbocycles. The molecule has 2 bridgehead atoms. The van der Waals surface area contributed by atoms with Crippen LogP contribution < -0.4 is 5.32 Å². The van der Waals surface area contributed by atoms with Crippen molar-refractivity contribution in [2.75, 3.05) is 11.9 Å². The van der Waals surface area contributed by atoms with E-state index in [-0.39, 0.29) is 23.5 Å². The predicted molar refractivity (Wildman–Crippen MR) is 117 cm³/mol. The molecule has 7 heteroatoms. The molecule has 0 radical (unpaired) electrons. The van der Waals surface area contributed by atoms with Gasteiger partial charge in [0.15, 0.2) is 12.4 Å². The van der Waals surface area contributed by atoms with E-state index in [9.17, 15) is 14.4 Å². The molecule has 1 N–H and O–H groups in total. The lowest BCUT2D eigenvalue weighted by Crippen LogP contribution is -2.37. The van der Waals surface area contributed by atoms with Gasteiger partial charge in [0.05, 0.1) is 16.6 Å². The molecule has 2 aliphatic rings. The summed E-state index contributed by atoms with van der Waals surface area (Å²) in [6.07, 6.45) is 2.74. The minimum absolute atomic E-state index is 0.00385. The van der Waals surface area contributed by atoms with E-state index in [0.29, 0.717) is 16.3 Å². The molecular weight excluding hydrogens is 470 g/mol. The Morgan fingerprint density at radius 2 is 1.73 bits per heavy atom. The molecule has 2 fully saturated rings. The second kappa shape index (κ2) is 8.90. The number of rotatable bonds is 6. The van der Waals surface area contributed by atoms with Crippen molar-refractivity contribution >= 4 is 50.9 Å². The summed E-state index contributed by atoms with van der Waals surface area (Å²) in [5.74, 6) is -1.45. The predicted octanol–water partition coefficient (Wildman–Crippen LogP) is 5.13. The summed E-state index contributed by atoms with van der Waals surface area (Å²) in [7, 11) is 0. The van der Waals surface area contributed by atoms with Gasteiger partial charge in [-0.25, -0.2) is 0 Å². The number of amides is 1. The smallest absolute Gasteiger partial charge is 0.310 e. The summed E-state index contributed by atoms with van der Waals surface area (Å²) >= 11 is 9.41. The van der Waals surface area contributed by atoms with Crippen molar-refractivity contribution < 1.29 is 19.1 Å². The molecule has 5 nitrogen and oxygen atoms in total. The highest BCUT2D eigenvalue weighted by Crippen LogP contribution is 2.53. The van der Waals surface area contributed by atoms with Gasteiger partial charge < -0.3 is 10.1 Å². The highest BCUT2D eigenvalue weighted by atomic mass is 79.9. The van der Waals surface area contributed by atoms with Gasteiger partial charge in [-0.15, -0.1) is 0 Å². The van der Waals surface area contributed by atoms with E-state index in [4.69, 9.17) is 16.3 Å². The van der Waals surface area contributed by atoms with Gasteiger partial charge in [0.25, 0.3) is 5.91 Å². The zero-order valence-electron chi connectivity index (χ0n) is 16.1. The maximum atomic E-state index is 13.1. The molecule has 0 aliphatic heterocycles. The molecule has 0 spiro atoms. The Bertz CT molecular complexity index is 980. The van der Waals surface area contributed by atoms with Crippen LogP contribution in [0.4, 0.5) is 5.69 Å². The third-order valence-corrected chi connectivity index (χ3v) is 6.91. The Morgan fingerprint density at radius 3 is 2.43 bits per heavy atom. The summed E-state index contributed by atoms with van der Waals surface area (Å²) in [6, 6.07) is 14.2. The van der Waals surface area contributed by atoms with Crippen LogP contribution in [-0.2, 0) is 14.3 Å². The van der Waals surface area contributed by atoms with Crippen LogP contribution >= 0.6 is 27.5 Å². The lowest BCUT2D eigenvalue weighted by Gasteiger charge is -2.28. The quantitative estimate of drug-likeness (QED) is 0.450. The molecule has 0 heterocycles. The van der Waals surface area contributed by atoms with Crippen LogP contribution in [0.2, 0.25) is 5.02 Å². The minimum atomic E-state index is -0.486. The maximum absolute atomic E-state index is 13.1. The van der Waals surface area contributed by atoms with Gasteiger partial charge in [-0.3, -0.25) is 14.4 Å². The molecule has 2 aromatic carbocycles. The highest BCUT2D eigenvalue weighted by Gasteiger charge is 2.54. The molecule has 4 atom stereocenters. The maximum Gasteiger partial charge on any atom is 0.310 e. The molecule has 0 unspecified atom stereocenters. The Kier molecular flexibility index (Phi) is 6.25. The SMILES string of the molecule is O=C(COC(=O)[C@H]1[C@H]2CC[C@@H](C2)[C@H]1C(=O)c1ccccc1)Nc1ccc(Br)cc1Cl. The van der Waals surface area contributed by atoms with Gasteiger partial charge in [0.2, 0.25) is 0 Å². The monoisotopic (exact) mass is 489 g/mol. The topological polar surface area (TPSA) is 72.5 Å². The Labute approximate surface area is 188 Å². The molecule has 4 rings (SSSR count). The van der Waals surface area contributed by atoms with Crippen LogP contribution in [0, 0.1) is 23.7 Å². The van der Waals surface area contributed by atoms with Crippen molar-refractivity contribution in [2.45, 2.75) is 19.3 Å². The van der Waals surface area contributed by atoms with E-state index in [1.54, 1.807) is 30.3 Å². The summed E-state index contributed by atoms with van der Waals surface area (Å²) in [6.45, 7) is -0.411. The van der Waals surface area contributed by atoms with Crippen molar-refractivity contribution in [1.29, 1.82) is 0 Å². The molecule has 2 saturated carbocycles. The van der Waals surface area contributed by atoms with E-state index in [2.05, 4.69) is 21.2 Å². The average molecular weight is 491 g/mol. The fourth-order valence-electron chi connectivity index (χ4n) is 4.81. The first-order chi connectivity index (χ1) is 14.4. The van der Waals surface area contributed by atoms with Crippen LogP contribution in [0.15, 0.2) is 53.0 Å². The first-order valence-corrected chi connectivity index (χ1v) is 11.1. The zero-order valence-corrected chi connectivity index (χ0v) is 18.5. The number of benzene rings is 2. The number of ketones is 1. The molecular formula is C23H21BrClNO4. The van der Waals surface area contributed by atoms with Crippen LogP contribution in [0.25, 0.3) is 0 Å². The van der Waals surface area contributed by atoms with Crippen LogP contribution in [0.3, 0.4) is 0 Å². The molecule has 0 aromatic heterocycles. The fraction of sp³-hybridized carbons (Fsp3) is 0.348. The van der Waals surface area contributed by atoms with Gasteiger partial charge >= 0.3 is 5.97 Å². The Hall–Kier alpha value is -2.18. The third-order valence-electron chi connectivity index (χ3n) is 6.10. The number of carbonyl (C=O) groups is 3. The number of carbonyl (C=O) groups excluding carboxylic acids is 3. The molecule has 156 valence electrons. The Morgan fingerprint density at radius 1 is 1.03 bits per heavy atom. The number of hydrogen-bond donors (Lipinski definition) is 1. The molecule has 1 amide bonds. The van der Waals surface area contributed by atoms with Crippen molar-refractivity contribution in [3.63, 3.8) is 0 Å². The van der Waals surface area contributed by atoms with E-state index in [1.807, 2.05) is 18.2 Å². The van der Waals surface area contributed by atoms with Gasteiger partial charge in [-0.05, 0) is 49.3 Å². The Balaban J connectivity index is 1.40. The van der Waals surface area contributed by atoms with Crippen molar-refractivity contribution in [3.8, 4) is 0 Å². The molecule has 2 aromatic rings. The number of halogens is 2. The number of anilines is 1. The van der Waals surface area contributed by atoms with E-state index < -0.39 is 24.4 Å². The minimum Gasteiger partial charge on any atom is -0.455 e. The second-order valence-electron chi connectivity index (χ2n) is 7.90. The highest BCUT2D eigenvalue weighted by molar-refractivity contribution is 9.10. The summed E-state index contributed by atoms with van der Waals surface area (Å²) < 4.78 is 6.13. The zero-order chi connectivity index (χ0) is 21.3. The van der Waals surface area contributed by atoms with Crippen molar-refractivity contribution in [2.24, 2.45) is 23.7 Å². The normalized spacial score (nSPS) is 24.5. The largest absolute Gasteiger partial charge is 0.455 e. The average Bonchev–Trinajstić information content (AvgIpc) is 3.36. The van der Waals surface area contributed by atoms with E-state index in [1.165, 1.54) is 0 Å². The van der Waals surface area contributed by atoms with Crippen LogP contribution in [0.1, 0.15) is 29.6 Å². The standard InChI is InChI=1S/C23H21BrClNO4/c24-16-8-9-18(17(25)11-16)26-19(27)12-30-23(29)21-15-7-6-14(10-15)20(21)22(28)13-4-2-1-3-5-13/h1-5,8-9,11,14-15,20-21H,6-7,10,12H2,(H,26,27)/t14-,15-,20+,21-/m0/s1. The number of Topliss-reactive ketones (excluding diaryl/α,β-unsaturated/α-hetero) is 1. The number of nitrogens with one attached hydrogen (secondary N) is 1. The lowest BCUT2D eigenvalue weighted by atomic mass is 9.75. The number of fused-ring (bicyclic) bond motifs is 2. The number of ether oxygens (including phenoxy) is 1. The third kappa shape index (κ3) is 4.30. The van der Waals surface area contributed by atoms with E-state index >= 15 is 0 Å². The molecule has 30 heavy (non-hydrogen) atoms. The van der Waals surface area contributed by atoms with Crippen molar-refractivity contribution in [1.82, 2.24) is 0 Å². The fourth-order valence-corrected chi connectivity index (χ4v) is 5.53. The van der Waals surface area contributed by atoms with Gasteiger partial charge in [-0.2, -0.15) is 0 Å². The van der Waals surface area contributed by atoms with Crippen molar-refractivity contribution in [3.05, 3.63) is 63.6 Å². The van der Waals surface area contributed by atoms with Crippen LogP contribution in [-0.4, -0.2) is 24.3 Å². The summed E-state index contributed by atoms with van der Waals surface area (Å²) in [5, 5.41) is 3.02. The lowest BCUT2D eigenvalue weighted by molar-refractivity contribution is -0.154. The van der Waals surface area contributed by atoms with Crippen LogP contribution in [0.5, 0.6) is 0 Å². The van der Waals surface area contributed by atoms with E-state index in [0.717, 1.165) is 23.7 Å². The first kappa shape index (κ1) is 21.1. The number of esters is 1. The second-order valence-corrected chi connectivity index (χ2v) is 9.22.